The highest BCUT2D eigenvalue weighted by molar-refractivity contribution is 6.00. The van der Waals surface area contributed by atoms with Gasteiger partial charge in [0.25, 0.3) is 0 Å². The second-order valence-corrected chi connectivity index (χ2v) is 10.8. The number of aliphatic hydroxyl groups is 1. The molecule has 0 aliphatic heterocycles. The molecular formula is C27H42O2. The van der Waals surface area contributed by atoms with Crippen molar-refractivity contribution in [3.8, 4) is 0 Å². The van der Waals surface area contributed by atoms with E-state index in [1.807, 2.05) is 0 Å². The zero-order valence-electron chi connectivity index (χ0n) is 19.2. The van der Waals surface area contributed by atoms with Gasteiger partial charge in [0.1, 0.15) is 0 Å². The van der Waals surface area contributed by atoms with Gasteiger partial charge in [0.2, 0.25) is 0 Å². The molecule has 0 aromatic heterocycles. The zero-order chi connectivity index (χ0) is 21.2. The van der Waals surface area contributed by atoms with Crippen molar-refractivity contribution in [2.45, 2.75) is 98.0 Å². The van der Waals surface area contributed by atoms with E-state index in [4.69, 9.17) is 0 Å². The van der Waals surface area contributed by atoms with Crippen LogP contribution in [0.2, 0.25) is 0 Å². The van der Waals surface area contributed by atoms with E-state index < -0.39 is 6.10 Å². The third-order valence-corrected chi connectivity index (χ3v) is 8.27. The normalized spacial score (nSPS) is 36.8. The van der Waals surface area contributed by atoms with Crippen molar-refractivity contribution in [1.82, 2.24) is 0 Å². The average Bonchev–Trinajstić information content (AvgIpc) is 3.00. The Morgan fingerprint density at radius 2 is 1.93 bits per heavy atom. The molecular weight excluding hydrogens is 356 g/mol. The molecule has 0 aromatic rings. The second-order valence-electron chi connectivity index (χ2n) is 10.8. The first-order valence-electron chi connectivity index (χ1n) is 12.0. The SMILES string of the molecule is C=C1C(=O)C[C@H](O)C/C1=C/C=C1\CCC[C@]2(C)[C@@H]([C@H](C)CCCC(C)C)CC[C@@H]12. The number of aliphatic hydroxyl groups excluding tert-OH is 1. The number of fused-ring (bicyclic) bond motifs is 1. The summed E-state index contributed by atoms with van der Waals surface area (Å²) in [5.74, 6) is 3.14. The van der Waals surface area contributed by atoms with E-state index in [0.29, 0.717) is 23.3 Å². The lowest BCUT2D eigenvalue weighted by Crippen LogP contribution is -2.36. The standard InChI is InChI=1S/C27H42O2/c1-18(2)8-6-9-19(3)24-13-14-25-21(10-7-15-27(24,25)5)11-12-22-16-23(28)17-26(29)20(22)4/h11-12,18-19,23-25,28H,4,6-10,13-17H2,1-3,5H3/b21-11+,22-12-/t19-,23-,24-,25+,27-/m1/s1. The molecule has 2 nitrogen and oxygen atoms in total. The molecule has 0 radical (unpaired) electrons. The van der Waals surface area contributed by atoms with Crippen LogP contribution < -0.4 is 0 Å². The summed E-state index contributed by atoms with van der Waals surface area (Å²) < 4.78 is 0. The van der Waals surface area contributed by atoms with Gasteiger partial charge in [-0.25, -0.2) is 0 Å². The Hall–Kier alpha value is -1.15. The van der Waals surface area contributed by atoms with Crippen molar-refractivity contribution in [3.05, 3.63) is 35.5 Å². The predicted octanol–water partition coefficient (Wildman–Crippen LogP) is 6.80. The van der Waals surface area contributed by atoms with Gasteiger partial charge in [-0.05, 0) is 73.2 Å². The van der Waals surface area contributed by atoms with Gasteiger partial charge in [0, 0.05) is 12.0 Å². The highest BCUT2D eigenvalue weighted by atomic mass is 16.3. The highest BCUT2D eigenvalue weighted by Gasteiger charge is 2.50. The van der Waals surface area contributed by atoms with Crippen molar-refractivity contribution in [2.24, 2.45) is 29.1 Å². The Balaban J connectivity index is 1.72. The summed E-state index contributed by atoms with van der Waals surface area (Å²) in [5.41, 5.74) is 3.54. The first kappa shape index (κ1) is 22.5. The minimum absolute atomic E-state index is 0.00182. The average molecular weight is 399 g/mol. The van der Waals surface area contributed by atoms with E-state index in [1.165, 1.54) is 51.4 Å². The van der Waals surface area contributed by atoms with Gasteiger partial charge < -0.3 is 5.11 Å². The first-order chi connectivity index (χ1) is 13.7. The maximum absolute atomic E-state index is 12.0. The first-order valence-corrected chi connectivity index (χ1v) is 12.0. The molecule has 3 rings (SSSR count). The van der Waals surface area contributed by atoms with E-state index in [0.717, 1.165) is 23.3 Å². The Kier molecular flexibility index (Phi) is 7.25. The second kappa shape index (κ2) is 9.33. The zero-order valence-corrected chi connectivity index (χ0v) is 19.2. The number of Topliss-reactive ketones (excluding diaryl/α,β-unsaturated/α-hetero) is 1. The fourth-order valence-electron chi connectivity index (χ4n) is 6.61. The van der Waals surface area contributed by atoms with Gasteiger partial charge in [-0.3, -0.25) is 4.79 Å². The van der Waals surface area contributed by atoms with Gasteiger partial charge in [-0.1, -0.05) is 71.3 Å². The van der Waals surface area contributed by atoms with Crippen LogP contribution in [0.5, 0.6) is 0 Å². The van der Waals surface area contributed by atoms with Crippen molar-refractivity contribution < 1.29 is 9.90 Å². The number of rotatable bonds is 6. The molecule has 29 heavy (non-hydrogen) atoms. The third-order valence-electron chi connectivity index (χ3n) is 8.27. The van der Waals surface area contributed by atoms with Gasteiger partial charge in [-0.15, -0.1) is 0 Å². The van der Waals surface area contributed by atoms with Crippen molar-refractivity contribution in [2.75, 3.05) is 0 Å². The fraction of sp³-hybridized carbons (Fsp3) is 0.741. The molecule has 0 unspecified atom stereocenters. The Morgan fingerprint density at radius 1 is 1.17 bits per heavy atom. The summed E-state index contributed by atoms with van der Waals surface area (Å²) in [4.78, 5) is 12.0. The monoisotopic (exact) mass is 398 g/mol. The number of carbonyl (C=O) groups is 1. The number of ketones is 1. The van der Waals surface area contributed by atoms with E-state index >= 15 is 0 Å². The summed E-state index contributed by atoms with van der Waals surface area (Å²) >= 11 is 0. The smallest absolute Gasteiger partial charge is 0.165 e. The van der Waals surface area contributed by atoms with Gasteiger partial charge in [-0.2, -0.15) is 0 Å². The van der Waals surface area contributed by atoms with E-state index in [9.17, 15) is 9.90 Å². The Bertz CT molecular complexity index is 683. The highest BCUT2D eigenvalue weighted by Crippen LogP contribution is 2.59. The maximum atomic E-state index is 12.0. The van der Waals surface area contributed by atoms with Crippen molar-refractivity contribution >= 4 is 5.78 Å². The summed E-state index contributed by atoms with van der Waals surface area (Å²) in [6.45, 7) is 13.7. The summed E-state index contributed by atoms with van der Waals surface area (Å²) in [5, 5.41) is 9.97. The largest absolute Gasteiger partial charge is 0.392 e. The third kappa shape index (κ3) is 4.95. The molecule has 0 saturated heterocycles. The quantitative estimate of drug-likeness (QED) is 0.500. The minimum Gasteiger partial charge on any atom is -0.392 e. The number of carbonyl (C=O) groups excluding carboxylic acids is 1. The van der Waals surface area contributed by atoms with Gasteiger partial charge >= 0.3 is 0 Å². The molecule has 162 valence electrons. The molecule has 0 amide bonds. The van der Waals surface area contributed by atoms with Crippen molar-refractivity contribution in [1.29, 1.82) is 0 Å². The Morgan fingerprint density at radius 3 is 2.66 bits per heavy atom. The molecule has 5 atom stereocenters. The number of hydrogen-bond donors (Lipinski definition) is 1. The molecule has 1 N–H and O–H groups in total. The van der Waals surface area contributed by atoms with Crippen LogP contribution in [0, 0.1) is 29.1 Å². The molecule has 3 saturated carbocycles. The summed E-state index contributed by atoms with van der Waals surface area (Å²) in [6, 6.07) is 0. The lowest BCUT2D eigenvalue weighted by Gasteiger charge is -2.44. The summed E-state index contributed by atoms with van der Waals surface area (Å²) in [7, 11) is 0. The molecule has 0 bridgehead atoms. The van der Waals surface area contributed by atoms with Crippen LogP contribution in [0.4, 0.5) is 0 Å². The van der Waals surface area contributed by atoms with Crippen LogP contribution in [0.1, 0.15) is 91.9 Å². The lowest BCUT2D eigenvalue weighted by atomic mass is 9.60. The molecule has 3 aliphatic rings. The molecule has 0 spiro atoms. The molecule has 2 heteroatoms. The van der Waals surface area contributed by atoms with Crippen LogP contribution in [0.3, 0.4) is 0 Å². The van der Waals surface area contributed by atoms with Gasteiger partial charge in [0.05, 0.1) is 6.10 Å². The van der Waals surface area contributed by atoms with Crippen LogP contribution in [0.25, 0.3) is 0 Å². The molecule has 0 heterocycles. The fourth-order valence-corrected chi connectivity index (χ4v) is 6.61. The van der Waals surface area contributed by atoms with E-state index in [1.54, 1.807) is 5.57 Å². The Labute approximate surface area is 178 Å². The lowest BCUT2D eigenvalue weighted by molar-refractivity contribution is -0.117. The van der Waals surface area contributed by atoms with Gasteiger partial charge in [0.15, 0.2) is 5.78 Å². The predicted molar refractivity (Wildman–Crippen MR) is 122 cm³/mol. The number of allylic oxidation sites excluding steroid dienone is 4. The van der Waals surface area contributed by atoms with Crippen molar-refractivity contribution in [3.63, 3.8) is 0 Å². The van der Waals surface area contributed by atoms with Crippen LogP contribution in [0.15, 0.2) is 35.5 Å². The number of hydrogen-bond acceptors (Lipinski definition) is 2. The van der Waals surface area contributed by atoms with Crippen LogP contribution in [-0.4, -0.2) is 17.0 Å². The summed E-state index contributed by atoms with van der Waals surface area (Å²) in [6.07, 6.45) is 15.2. The van der Waals surface area contributed by atoms with E-state index in [-0.39, 0.29) is 12.2 Å². The maximum Gasteiger partial charge on any atom is 0.165 e. The minimum atomic E-state index is -0.545. The van der Waals surface area contributed by atoms with E-state index in [2.05, 4.69) is 46.4 Å². The molecule has 3 aliphatic carbocycles. The van der Waals surface area contributed by atoms with Crippen LogP contribution >= 0.6 is 0 Å². The molecule has 3 fully saturated rings. The topological polar surface area (TPSA) is 37.3 Å². The molecule has 0 aromatic carbocycles. The van der Waals surface area contributed by atoms with Crippen LogP contribution in [-0.2, 0) is 4.79 Å².